The van der Waals surface area contributed by atoms with Crippen LogP contribution in [0.25, 0.3) is 21.1 Å². The van der Waals surface area contributed by atoms with Gasteiger partial charge in [0.1, 0.15) is 29.0 Å². The molecule has 1 saturated heterocycles. The first-order valence-electron chi connectivity index (χ1n) is 21.0. The van der Waals surface area contributed by atoms with E-state index in [9.17, 15) is 29.4 Å². The van der Waals surface area contributed by atoms with Gasteiger partial charge in [-0.15, -0.1) is 32.9 Å². The third-order valence-electron chi connectivity index (χ3n) is 11.9. The number of aliphatic hydroxyl groups excluding tert-OH is 1. The van der Waals surface area contributed by atoms with Crippen molar-refractivity contribution >= 4 is 52.1 Å². The molecular weight excluding hydrogens is 853 g/mol. The first-order valence-corrected chi connectivity index (χ1v) is 22.7. The number of aryl methyl sites for hydroxylation is 3. The number of thiazole rings is 1. The van der Waals surface area contributed by atoms with Gasteiger partial charge in [-0.3, -0.25) is 28.7 Å². The second kappa shape index (κ2) is 17.3. The van der Waals surface area contributed by atoms with Crippen LogP contribution in [0.3, 0.4) is 0 Å². The monoisotopic (exact) mass is 902 g/mol. The number of likely N-dealkylation sites (tertiary alicyclic amines) is 1. The summed E-state index contributed by atoms with van der Waals surface area (Å²) in [7, 11) is 0. The number of carboxylic acid groups (broad SMARTS) is 1. The lowest BCUT2D eigenvalue weighted by molar-refractivity contribution is -0.142. The van der Waals surface area contributed by atoms with Gasteiger partial charge in [-0.1, -0.05) is 57.2 Å². The number of fused-ring (bicyclic) bond motifs is 3. The minimum atomic E-state index is -1.05. The van der Waals surface area contributed by atoms with Crippen LogP contribution in [-0.4, -0.2) is 98.8 Å². The van der Waals surface area contributed by atoms with Crippen LogP contribution in [0.4, 0.5) is 0 Å². The molecule has 2 aliphatic heterocycles. The highest BCUT2D eigenvalue weighted by atomic mass is 32.1. The van der Waals surface area contributed by atoms with Gasteiger partial charge in [-0.25, -0.2) is 9.67 Å². The van der Waals surface area contributed by atoms with Gasteiger partial charge in [-0.05, 0) is 74.9 Å². The summed E-state index contributed by atoms with van der Waals surface area (Å²) in [4.78, 5) is 66.8. The molecule has 16 nitrogen and oxygen atoms in total. The lowest BCUT2D eigenvalue weighted by Gasteiger charge is -2.35. The number of benzene rings is 2. The average Bonchev–Trinajstić information content (AvgIpc) is 4.10. The predicted octanol–water partition coefficient (Wildman–Crippen LogP) is 6.22. The Morgan fingerprint density at radius 3 is 2.30 bits per heavy atom. The minimum absolute atomic E-state index is 0.0539. The lowest BCUT2D eigenvalue weighted by Crippen LogP contribution is -2.57. The molecule has 0 radical (unpaired) electrons. The van der Waals surface area contributed by atoms with Crippen LogP contribution in [0.5, 0.6) is 0 Å². The van der Waals surface area contributed by atoms with E-state index in [2.05, 4.69) is 30.9 Å². The molecule has 1 fully saturated rings. The van der Waals surface area contributed by atoms with Gasteiger partial charge in [0.2, 0.25) is 11.8 Å². The molecule has 6 aromatic rings. The molecule has 6 heterocycles. The smallest absolute Gasteiger partial charge is 0.306 e. The van der Waals surface area contributed by atoms with Crippen molar-refractivity contribution in [2.45, 2.75) is 98.5 Å². The van der Waals surface area contributed by atoms with Crippen molar-refractivity contribution in [3.05, 3.63) is 116 Å². The van der Waals surface area contributed by atoms with E-state index in [1.54, 1.807) is 39.6 Å². The SMILES string of the molecule is Cc1ncsc1-c1ccc(C(C)NC(=O)[C@@H]2C[C@@H](O)CN2C(=O)C(NC(=O)c2ccn(-c3ccc(C4=N[C@@H](CC(=O)O)c5nnc(C)n5-c5sc(C)c(C)c54)cc3)n2)C(C)(C)C)cc1. The Bertz CT molecular complexity index is 2800. The number of hydrogen-bond donors (Lipinski definition) is 4. The van der Waals surface area contributed by atoms with Crippen LogP contribution in [-0.2, 0) is 14.4 Å². The van der Waals surface area contributed by atoms with Crippen molar-refractivity contribution in [3.63, 3.8) is 0 Å². The first kappa shape index (κ1) is 44.2. The largest absolute Gasteiger partial charge is 0.481 e. The van der Waals surface area contributed by atoms with Crippen molar-refractivity contribution in [1.82, 2.24) is 45.1 Å². The maximum atomic E-state index is 14.3. The third kappa shape index (κ3) is 8.52. The molecule has 3 amide bonds. The van der Waals surface area contributed by atoms with Gasteiger partial charge in [0, 0.05) is 35.2 Å². The molecule has 2 unspecified atom stereocenters. The number of β-amino-alcohol motifs (C(OH)–C–C–N with tert-alkyl or cyclic N) is 1. The summed E-state index contributed by atoms with van der Waals surface area (Å²) in [5.74, 6) is -1.34. The fraction of sp³-hybridized carbons (Fsp3) is 0.370. The van der Waals surface area contributed by atoms with Crippen molar-refractivity contribution in [2.75, 3.05) is 6.54 Å². The zero-order chi connectivity index (χ0) is 45.8. The number of amides is 3. The number of carbonyl (C=O) groups excluding carboxylic acids is 3. The molecule has 18 heteroatoms. The molecule has 4 N–H and O–H groups in total. The van der Waals surface area contributed by atoms with Gasteiger partial charge in [-0.2, -0.15) is 5.10 Å². The average molecular weight is 903 g/mol. The molecule has 0 bridgehead atoms. The number of aliphatic hydroxyl groups is 1. The highest BCUT2D eigenvalue weighted by Crippen LogP contribution is 2.40. The highest BCUT2D eigenvalue weighted by Gasteiger charge is 2.45. The van der Waals surface area contributed by atoms with Crippen molar-refractivity contribution in [2.24, 2.45) is 10.4 Å². The van der Waals surface area contributed by atoms with Gasteiger partial charge in [0.25, 0.3) is 5.91 Å². The Morgan fingerprint density at radius 1 is 0.938 bits per heavy atom. The topological polar surface area (TPSA) is 210 Å². The Kier molecular flexibility index (Phi) is 12.0. The molecule has 64 heavy (non-hydrogen) atoms. The predicted molar refractivity (Wildman–Crippen MR) is 243 cm³/mol. The van der Waals surface area contributed by atoms with Crippen LogP contribution in [0, 0.1) is 33.1 Å². The Balaban J connectivity index is 0.975. The van der Waals surface area contributed by atoms with Crippen molar-refractivity contribution in [1.29, 1.82) is 0 Å². The molecule has 0 aliphatic carbocycles. The van der Waals surface area contributed by atoms with Gasteiger partial charge in [0.05, 0.1) is 46.0 Å². The minimum Gasteiger partial charge on any atom is -0.481 e. The van der Waals surface area contributed by atoms with Crippen LogP contribution in [0.1, 0.15) is 108 Å². The number of nitrogens with one attached hydrogen (secondary N) is 2. The van der Waals surface area contributed by atoms with E-state index >= 15 is 0 Å². The second-order valence-corrected chi connectivity index (χ2v) is 19.5. The molecule has 5 atom stereocenters. The number of carbonyl (C=O) groups is 4. The number of hydrogen-bond acceptors (Lipinski definition) is 12. The summed E-state index contributed by atoms with van der Waals surface area (Å²) in [6, 6.07) is 13.8. The van der Waals surface area contributed by atoms with E-state index in [4.69, 9.17) is 4.99 Å². The zero-order valence-electron chi connectivity index (χ0n) is 36.8. The molecule has 332 valence electrons. The van der Waals surface area contributed by atoms with Crippen molar-refractivity contribution < 1.29 is 29.4 Å². The third-order valence-corrected chi connectivity index (χ3v) is 14.0. The zero-order valence-corrected chi connectivity index (χ0v) is 38.4. The van der Waals surface area contributed by atoms with Gasteiger partial charge >= 0.3 is 5.97 Å². The highest BCUT2D eigenvalue weighted by molar-refractivity contribution is 7.15. The molecule has 4 aromatic heterocycles. The molecule has 2 aromatic carbocycles. The number of aromatic nitrogens is 6. The van der Waals surface area contributed by atoms with E-state index in [1.165, 1.54) is 4.90 Å². The normalized spacial score (nSPS) is 18.1. The van der Waals surface area contributed by atoms with Crippen LogP contribution in [0.15, 0.2) is 71.3 Å². The second-order valence-electron chi connectivity index (χ2n) is 17.5. The Morgan fingerprint density at radius 2 is 1.64 bits per heavy atom. The van der Waals surface area contributed by atoms with E-state index in [-0.39, 0.29) is 31.1 Å². The summed E-state index contributed by atoms with van der Waals surface area (Å²) < 4.78 is 3.46. The number of carboxylic acids is 1. The van der Waals surface area contributed by atoms with E-state index in [1.807, 2.05) is 114 Å². The number of aliphatic carboxylic acids is 1. The molecule has 8 rings (SSSR count). The van der Waals surface area contributed by atoms with Gasteiger partial charge in [0.15, 0.2) is 11.5 Å². The number of nitrogens with zero attached hydrogens (tertiary/aromatic N) is 8. The molecule has 0 spiro atoms. The van der Waals surface area contributed by atoms with E-state index < -0.39 is 53.3 Å². The standard InChI is InChI=1S/C46H50N10O6S2/c1-23-26(4)64-45-37(23)38(49-34(20-36(58)59)41-52-51-27(5)56(41)45)29-13-15-31(16-14-29)55-18-17-33(53-55)42(60)50-40(46(6,7)8)44(62)54-21-32(57)19-35(54)43(61)48-24(2)28-9-11-30(12-10-28)39-25(3)47-22-63-39/h9-18,22,24,32,34-35,40,57H,19-21H2,1-8H3,(H,48,61)(H,50,60)(H,58,59)/t24?,32-,34+,35+,40?/m1/s1. The maximum Gasteiger partial charge on any atom is 0.306 e. The summed E-state index contributed by atoms with van der Waals surface area (Å²) >= 11 is 3.15. The molecule has 2 aliphatic rings. The van der Waals surface area contributed by atoms with Gasteiger partial charge < -0.3 is 25.7 Å². The summed E-state index contributed by atoms with van der Waals surface area (Å²) in [6.07, 6.45) is 0.540. The van der Waals surface area contributed by atoms with Crippen molar-refractivity contribution in [3.8, 4) is 21.1 Å². The van der Waals surface area contributed by atoms with Crippen LogP contribution >= 0.6 is 22.7 Å². The molecule has 0 saturated carbocycles. The van der Waals surface area contributed by atoms with Crippen LogP contribution < -0.4 is 10.6 Å². The number of thiophene rings is 1. The van der Waals surface area contributed by atoms with Crippen LogP contribution in [0.2, 0.25) is 0 Å². The lowest BCUT2D eigenvalue weighted by atomic mass is 9.85. The fourth-order valence-electron chi connectivity index (χ4n) is 8.27. The first-order chi connectivity index (χ1) is 30.4. The Labute approximate surface area is 378 Å². The quantitative estimate of drug-likeness (QED) is 0.115. The van der Waals surface area contributed by atoms with E-state index in [0.29, 0.717) is 23.0 Å². The summed E-state index contributed by atoms with van der Waals surface area (Å²) in [5, 5.41) is 40.5. The van der Waals surface area contributed by atoms with E-state index in [0.717, 1.165) is 48.3 Å². The molecular formula is C46H50N10O6S2. The number of aliphatic imine (C=N–C) groups is 1. The summed E-state index contributed by atoms with van der Waals surface area (Å²) in [5.41, 5.74) is 7.96. The maximum absolute atomic E-state index is 14.3. The fourth-order valence-corrected chi connectivity index (χ4v) is 10.3. The summed E-state index contributed by atoms with van der Waals surface area (Å²) in [6.45, 7) is 15.2. The Hall–Kier alpha value is -6.37. The number of rotatable bonds is 11.